The molecule has 1 aromatic rings. The van der Waals surface area contributed by atoms with Crippen LogP contribution < -0.4 is 4.90 Å². The average Bonchev–Trinajstić information content (AvgIpc) is 2.58. The number of aliphatic hydroxyl groups is 1. The second-order valence-corrected chi connectivity index (χ2v) is 7.61. The second kappa shape index (κ2) is 4.55. The smallest absolute Gasteiger partial charge is 0.186 e. The highest BCUT2D eigenvalue weighted by Crippen LogP contribution is 2.29. The van der Waals surface area contributed by atoms with Crippen molar-refractivity contribution in [2.75, 3.05) is 23.0 Å². The SMILES string of the molecule is Cc1nc(N2CCS(=O)(=O)CC2C)sc1CO. The lowest BCUT2D eigenvalue weighted by Gasteiger charge is -2.32. The summed E-state index contributed by atoms with van der Waals surface area (Å²) in [5, 5.41) is 9.95. The molecule has 0 aromatic carbocycles. The van der Waals surface area contributed by atoms with E-state index in [1.807, 2.05) is 18.7 Å². The highest BCUT2D eigenvalue weighted by atomic mass is 32.2. The number of aryl methyl sites for hydroxylation is 1. The van der Waals surface area contributed by atoms with Gasteiger partial charge in [0.15, 0.2) is 15.0 Å². The van der Waals surface area contributed by atoms with Crippen LogP contribution in [0.3, 0.4) is 0 Å². The molecule has 0 spiro atoms. The van der Waals surface area contributed by atoms with E-state index in [2.05, 4.69) is 4.98 Å². The second-order valence-electron chi connectivity index (χ2n) is 4.32. The summed E-state index contributed by atoms with van der Waals surface area (Å²) in [6.07, 6.45) is 0. The molecule has 1 aromatic heterocycles. The van der Waals surface area contributed by atoms with Crippen LogP contribution in [0.25, 0.3) is 0 Å². The van der Waals surface area contributed by atoms with E-state index in [9.17, 15) is 8.42 Å². The molecule has 2 rings (SSSR count). The molecule has 1 N–H and O–H groups in total. The number of anilines is 1. The predicted octanol–water partition coefficient (Wildman–Crippen LogP) is 0.567. The number of aromatic nitrogens is 1. The van der Waals surface area contributed by atoms with Crippen LogP contribution in [0.15, 0.2) is 0 Å². The number of rotatable bonds is 2. The number of thiazole rings is 1. The minimum atomic E-state index is -2.90. The van der Waals surface area contributed by atoms with Crippen LogP contribution in [0, 0.1) is 6.92 Å². The lowest BCUT2D eigenvalue weighted by molar-refractivity contribution is 0.284. The number of aliphatic hydroxyl groups excluding tert-OH is 1. The van der Waals surface area contributed by atoms with Gasteiger partial charge in [0.1, 0.15) is 0 Å². The van der Waals surface area contributed by atoms with Crippen molar-refractivity contribution in [3.8, 4) is 0 Å². The molecule has 5 nitrogen and oxygen atoms in total. The van der Waals surface area contributed by atoms with E-state index in [1.165, 1.54) is 11.3 Å². The third-order valence-electron chi connectivity index (χ3n) is 2.94. The van der Waals surface area contributed by atoms with E-state index in [1.54, 1.807) is 0 Å². The summed E-state index contributed by atoms with van der Waals surface area (Å²) in [6.45, 7) is 4.23. The van der Waals surface area contributed by atoms with E-state index in [4.69, 9.17) is 5.11 Å². The van der Waals surface area contributed by atoms with Crippen molar-refractivity contribution >= 4 is 26.3 Å². The first-order chi connectivity index (χ1) is 7.93. The summed E-state index contributed by atoms with van der Waals surface area (Å²) in [5.41, 5.74) is 0.827. The number of hydrogen-bond acceptors (Lipinski definition) is 6. The van der Waals surface area contributed by atoms with Crippen LogP contribution in [0.1, 0.15) is 17.5 Å². The zero-order valence-corrected chi connectivity index (χ0v) is 11.5. The van der Waals surface area contributed by atoms with Gasteiger partial charge in [-0.05, 0) is 13.8 Å². The Bertz CT molecular complexity index is 510. The summed E-state index contributed by atoms with van der Waals surface area (Å²) >= 11 is 1.44. The van der Waals surface area contributed by atoms with Crippen molar-refractivity contribution < 1.29 is 13.5 Å². The van der Waals surface area contributed by atoms with Gasteiger partial charge in [0.05, 0.1) is 28.7 Å². The van der Waals surface area contributed by atoms with E-state index in [-0.39, 0.29) is 24.2 Å². The van der Waals surface area contributed by atoms with Gasteiger partial charge in [-0.15, -0.1) is 0 Å². The van der Waals surface area contributed by atoms with Crippen molar-refractivity contribution in [1.29, 1.82) is 0 Å². The van der Waals surface area contributed by atoms with Crippen LogP contribution in [0.4, 0.5) is 5.13 Å². The number of sulfone groups is 1. The van der Waals surface area contributed by atoms with E-state index >= 15 is 0 Å². The molecular formula is C10H16N2O3S2. The van der Waals surface area contributed by atoms with Gasteiger partial charge in [0.25, 0.3) is 0 Å². The number of nitrogens with zero attached hydrogens (tertiary/aromatic N) is 2. The van der Waals surface area contributed by atoms with Crippen LogP contribution >= 0.6 is 11.3 Å². The van der Waals surface area contributed by atoms with Crippen LogP contribution in [-0.4, -0.2) is 42.6 Å². The van der Waals surface area contributed by atoms with Crippen LogP contribution in [0.5, 0.6) is 0 Å². The van der Waals surface area contributed by atoms with Crippen LogP contribution in [-0.2, 0) is 16.4 Å². The third kappa shape index (κ3) is 2.61. The van der Waals surface area contributed by atoms with Gasteiger partial charge in [-0.25, -0.2) is 13.4 Å². The highest BCUT2D eigenvalue weighted by Gasteiger charge is 2.30. The quantitative estimate of drug-likeness (QED) is 0.855. The first-order valence-electron chi connectivity index (χ1n) is 5.47. The van der Waals surface area contributed by atoms with Gasteiger partial charge in [-0.3, -0.25) is 0 Å². The van der Waals surface area contributed by atoms with Gasteiger partial charge < -0.3 is 10.0 Å². The molecule has 7 heteroatoms. The highest BCUT2D eigenvalue weighted by molar-refractivity contribution is 7.91. The molecule has 17 heavy (non-hydrogen) atoms. The summed E-state index contributed by atoms with van der Waals surface area (Å²) in [6, 6.07) is -0.0501. The lowest BCUT2D eigenvalue weighted by Crippen LogP contribution is -2.46. The van der Waals surface area contributed by atoms with Gasteiger partial charge in [0.2, 0.25) is 0 Å². The van der Waals surface area contributed by atoms with Gasteiger partial charge in [-0.2, -0.15) is 0 Å². The van der Waals surface area contributed by atoms with Crippen molar-refractivity contribution in [3.05, 3.63) is 10.6 Å². The standard InChI is InChI=1S/C10H16N2O3S2/c1-7-6-17(14,15)4-3-12(7)10-11-8(2)9(5-13)16-10/h7,13H,3-6H2,1-2H3. The Balaban J connectivity index is 2.23. The Hall–Kier alpha value is -0.660. The van der Waals surface area contributed by atoms with E-state index in [0.717, 1.165) is 15.7 Å². The largest absolute Gasteiger partial charge is 0.391 e. The molecule has 1 atom stereocenters. The topological polar surface area (TPSA) is 70.5 Å². The molecule has 0 amide bonds. The fraction of sp³-hybridized carbons (Fsp3) is 0.700. The first-order valence-corrected chi connectivity index (χ1v) is 8.11. The monoisotopic (exact) mass is 276 g/mol. The molecule has 0 aliphatic carbocycles. The minimum Gasteiger partial charge on any atom is -0.391 e. The molecule has 1 aliphatic heterocycles. The Labute approximate surface area is 105 Å². The van der Waals surface area contributed by atoms with Crippen molar-refractivity contribution in [2.24, 2.45) is 0 Å². The molecule has 0 bridgehead atoms. The maximum Gasteiger partial charge on any atom is 0.186 e. The normalized spacial score (nSPS) is 23.9. The van der Waals surface area contributed by atoms with Gasteiger partial charge in [-0.1, -0.05) is 11.3 Å². The van der Waals surface area contributed by atoms with Crippen molar-refractivity contribution in [3.63, 3.8) is 0 Å². The fourth-order valence-electron chi connectivity index (χ4n) is 1.97. The summed E-state index contributed by atoms with van der Waals surface area (Å²) < 4.78 is 23.0. The van der Waals surface area contributed by atoms with Crippen molar-refractivity contribution in [2.45, 2.75) is 26.5 Å². The molecule has 2 heterocycles. The summed E-state index contributed by atoms with van der Waals surface area (Å²) in [4.78, 5) is 7.25. The van der Waals surface area contributed by atoms with E-state index < -0.39 is 9.84 Å². The van der Waals surface area contributed by atoms with E-state index in [0.29, 0.717) is 6.54 Å². The Morgan fingerprint density at radius 1 is 1.59 bits per heavy atom. The Morgan fingerprint density at radius 3 is 2.82 bits per heavy atom. The Kier molecular flexibility index (Phi) is 3.42. The summed E-state index contributed by atoms with van der Waals surface area (Å²) in [7, 11) is -2.90. The molecule has 1 fully saturated rings. The first kappa shape index (κ1) is 12.8. The molecular weight excluding hydrogens is 260 g/mol. The molecule has 1 aliphatic rings. The number of hydrogen-bond donors (Lipinski definition) is 1. The average molecular weight is 276 g/mol. The van der Waals surface area contributed by atoms with Crippen molar-refractivity contribution in [1.82, 2.24) is 4.98 Å². The predicted molar refractivity (Wildman–Crippen MR) is 68.2 cm³/mol. The Morgan fingerprint density at radius 2 is 2.29 bits per heavy atom. The van der Waals surface area contributed by atoms with Crippen LogP contribution in [0.2, 0.25) is 0 Å². The molecule has 0 saturated carbocycles. The summed E-state index contributed by atoms with van der Waals surface area (Å²) in [5.74, 6) is 0.366. The maximum atomic E-state index is 11.5. The third-order valence-corrected chi connectivity index (χ3v) is 5.92. The lowest BCUT2D eigenvalue weighted by atomic mass is 10.3. The zero-order valence-electron chi connectivity index (χ0n) is 9.88. The molecule has 1 unspecified atom stereocenters. The molecule has 1 saturated heterocycles. The minimum absolute atomic E-state index is 0.00990. The molecule has 96 valence electrons. The van der Waals surface area contributed by atoms with Gasteiger partial charge in [0, 0.05) is 12.6 Å². The van der Waals surface area contributed by atoms with Gasteiger partial charge >= 0.3 is 0 Å². The molecule has 0 radical (unpaired) electrons. The zero-order chi connectivity index (χ0) is 12.6. The fourth-order valence-corrected chi connectivity index (χ4v) is 4.57. The maximum absolute atomic E-state index is 11.5.